The van der Waals surface area contributed by atoms with Crippen LogP contribution in [0, 0.1) is 0 Å². The van der Waals surface area contributed by atoms with Gasteiger partial charge in [0.2, 0.25) is 0 Å². The normalized spacial score (nSPS) is 10.4. The van der Waals surface area contributed by atoms with Crippen molar-refractivity contribution in [3.63, 3.8) is 0 Å². The SMILES string of the molecule is CCN(CCO)c1ccc(NCc2cccs2)cc1. The van der Waals surface area contributed by atoms with E-state index in [1.807, 2.05) is 0 Å². The first-order valence-corrected chi connectivity index (χ1v) is 7.43. The molecule has 102 valence electrons. The van der Waals surface area contributed by atoms with E-state index in [0.717, 1.165) is 24.5 Å². The van der Waals surface area contributed by atoms with Gasteiger partial charge in [0.25, 0.3) is 0 Å². The first-order chi connectivity index (χ1) is 9.33. The monoisotopic (exact) mass is 276 g/mol. The minimum atomic E-state index is 0.187. The molecule has 4 heteroatoms. The molecule has 1 aromatic carbocycles. The van der Waals surface area contributed by atoms with Gasteiger partial charge in [-0.15, -0.1) is 11.3 Å². The van der Waals surface area contributed by atoms with Crippen molar-refractivity contribution in [3.8, 4) is 0 Å². The molecule has 0 saturated heterocycles. The van der Waals surface area contributed by atoms with Crippen LogP contribution in [0.1, 0.15) is 11.8 Å². The molecule has 3 nitrogen and oxygen atoms in total. The predicted octanol–water partition coefficient (Wildman–Crippen LogP) is 3.18. The van der Waals surface area contributed by atoms with Crippen LogP contribution in [-0.2, 0) is 6.54 Å². The molecule has 0 spiro atoms. The van der Waals surface area contributed by atoms with Gasteiger partial charge in [-0.05, 0) is 42.6 Å². The standard InChI is InChI=1S/C15H20N2OS/c1-2-17(9-10-18)14-7-5-13(6-8-14)16-12-15-4-3-11-19-15/h3-8,11,16,18H,2,9-10,12H2,1H3. The van der Waals surface area contributed by atoms with E-state index in [0.29, 0.717) is 6.54 Å². The minimum Gasteiger partial charge on any atom is -0.395 e. The summed E-state index contributed by atoms with van der Waals surface area (Å²) in [6, 6.07) is 12.6. The highest BCUT2D eigenvalue weighted by Gasteiger charge is 2.03. The number of nitrogens with zero attached hydrogens (tertiary/aromatic N) is 1. The van der Waals surface area contributed by atoms with Gasteiger partial charge in [0.1, 0.15) is 0 Å². The molecule has 0 atom stereocenters. The maximum absolute atomic E-state index is 9.02. The van der Waals surface area contributed by atoms with Crippen molar-refractivity contribution in [1.29, 1.82) is 0 Å². The average molecular weight is 276 g/mol. The third-order valence-electron chi connectivity index (χ3n) is 3.03. The zero-order chi connectivity index (χ0) is 13.5. The zero-order valence-corrected chi connectivity index (χ0v) is 12.0. The lowest BCUT2D eigenvalue weighted by molar-refractivity contribution is 0.302. The molecule has 0 aliphatic rings. The fraction of sp³-hybridized carbons (Fsp3) is 0.333. The summed E-state index contributed by atoms with van der Waals surface area (Å²) in [5.41, 5.74) is 2.27. The van der Waals surface area contributed by atoms with E-state index in [1.54, 1.807) is 11.3 Å². The molecule has 1 aromatic heterocycles. The summed E-state index contributed by atoms with van der Waals surface area (Å²) in [6.07, 6.45) is 0. The number of hydrogen-bond donors (Lipinski definition) is 2. The second-order valence-corrected chi connectivity index (χ2v) is 5.32. The second-order valence-electron chi connectivity index (χ2n) is 4.28. The quantitative estimate of drug-likeness (QED) is 0.815. The molecule has 0 fully saturated rings. The number of hydrogen-bond acceptors (Lipinski definition) is 4. The number of thiophene rings is 1. The Bertz CT molecular complexity index is 467. The van der Waals surface area contributed by atoms with Gasteiger partial charge in [0, 0.05) is 35.9 Å². The van der Waals surface area contributed by atoms with Gasteiger partial charge < -0.3 is 15.3 Å². The Morgan fingerprint density at radius 2 is 2.00 bits per heavy atom. The van der Waals surface area contributed by atoms with Crippen molar-refractivity contribution in [1.82, 2.24) is 0 Å². The summed E-state index contributed by atoms with van der Waals surface area (Å²) in [5.74, 6) is 0. The smallest absolute Gasteiger partial charge is 0.0606 e. The largest absolute Gasteiger partial charge is 0.395 e. The molecular formula is C15H20N2OS. The zero-order valence-electron chi connectivity index (χ0n) is 11.2. The van der Waals surface area contributed by atoms with Crippen LogP contribution >= 0.6 is 11.3 Å². The van der Waals surface area contributed by atoms with Gasteiger partial charge in [0.05, 0.1) is 6.61 Å². The fourth-order valence-electron chi connectivity index (χ4n) is 1.98. The summed E-state index contributed by atoms with van der Waals surface area (Å²) >= 11 is 1.76. The molecule has 2 aromatic rings. The highest BCUT2D eigenvalue weighted by molar-refractivity contribution is 7.09. The predicted molar refractivity (Wildman–Crippen MR) is 83.1 cm³/mol. The lowest BCUT2D eigenvalue weighted by atomic mass is 10.2. The van der Waals surface area contributed by atoms with Crippen LogP contribution < -0.4 is 10.2 Å². The molecule has 0 aliphatic carbocycles. The van der Waals surface area contributed by atoms with Crippen LogP contribution in [0.15, 0.2) is 41.8 Å². The molecule has 2 rings (SSSR count). The van der Waals surface area contributed by atoms with E-state index < -0.39 is 0 Å². The van der Waals surface area contributed by atoms with Crippen molar-refractivity contribution in [3.05, 3.63) is 46.7 Å². The number of likely N-dealkylation sites (N-methyl/N-ethyl adjacent to an activating group) is 1. The van der Waals surface area contributed by atoms with Gasteiger partial charge in [-0.3, -0.25) is 0 Å². The van der Waals surface area contributed by atoms with Crippen molar-refractivity contribution in [2.24, 2.45) is 0 Å². The second kappa shape index (κ2) is 7.16. The first-order valence-electron chi connectivity index (χ1n) is 6.55. The van der Waals surface area contributed by atoms with Gasteiger partial charge in [-0.25, -0.2) is 0 Å². The summed E-state index contributed by atoms with van der Waals surface area (Å²) in [7, 11) is 0. The Hall–Kier alpha value is -1.52. The van der Waals surface area contributed by atoms with Crippen LogP contribution in [0.5, 0.6) is 0 Å². The third kappa shape index (κ3) is 3.98. The molecule has 0 bridgehead atoms. The summed E-state index contributed by atoms with van der Waals surface area (Å²) < 4.78 is 0. The average Bonchev–Trinajstić information content (AvgIpc) is 2.96. The van der Waals surface area contributed by atoms with Crippen LogP contribution in [0.2, 0.25) is 0 Å². The Balaban J connectivity index is 1.93. The van der Waals surface area contributed by atoms with Gasteiger partial charge in [0.15, 0.2) is 0 Å². The number of aliphatic hydroxyl groups is 1. The molecule has 0 radical (unpaired) electrons. The van der Waals surface area contributed by atoms with Crippen molar-refractivity contribution in [2.75, 3.05) is 29.9 Å². The lowest BCUT2D eigenvalue weighted by Gasteiger charge is -2.22. The molecule has 2 N–H and O–H groups in total. The van der Waals surface area contributed by atoms with Crippen LogP contribution in [-0.4, -0.2) is 24.8 Å². The molecule has 19 heavy (non-hydrogen) atoms. The molecule has 0 unspecified atom stereocenters. The maximum atomic E-state index is 9.02. The highest BCUT2D eigenvalue weighted by atomic mass is 32.1. The van der Waals surface area contributed by atoms with Gasteiger partial charge in [-0.2, -0.15) is 0 Å². The van der Waals surface area contributed by atoms with Crippen molar-refractivity contribution >= 4 is 22.7 Å². The van der Waals surface area contributed by atoms with E-state index >= 15 is 0 Å². The van der Waals surface area contributed by atoms with E-state index in [-0.39, 0.29) is 6.61 Å². The third-order valence-corrected chi connectivity index (χ3v) is 3.91. The number of aliphatic hydroxyl groups excluding tert-OH is 1. The molecule has 0 aliphatic heterocycles. The Morgan fingerprint density at radius 3 is 2.58 bits per heavy atom. The lowest BCUT2D eigenvalue weighted by Crippen LogP contribution is -2.25. The van der Waals surface area contributed by atoms with E-state index in [9.17, 15) is 0 Å². The number of benzene rings is 1. The van der Waals surface area contributed by atoms with Crippen LogP contribution in [0.25, 0.3) is 0 Å². The van der Waals surface area contributed by atoms with Crippen LogP contribution in [0.3, 0.4) is 0 Å². The van der Waals surface area contributed by atoms with Crippen molar-refractivity contribution < 1.29 is 5.11 Å². The molecule has 0 saturated carbocycles. The summed E-state index contributed by atoms with van der Waals surface area (Å²) in [4.78, 5) is 3.49. The minimum absolute atomic E-state index is 0.187. The summed E-state index contributed by atoms with van der Waals surface area (Å²) in [6.45, 7) is 4.73. The number of nitrogens with one attached hydrogen (secondary N) is 1. The van der Waals surface area contributed by atoms with E-state index in [2.05, 4.69) is 58.9 Å². The Labute approximate surface area is 118 Å². The van der Waals surface area contributed by atoms with Crippen molar-refractivity contribution in [2.45, 2.75) is 13.5 Å². The Kier molecular flexibility index (Phi) is 5.24. The summed E-state index contributed by atoms with van der Waals surface area (Å²) in [5, 5.41) is 14.5. The molecule has 0 amide bonds. The van der Waals surface area contributed by atoms with E-state index in [4.69, 9.17) is 5.11 Å². The highest BCUT2D eigenvalue weighted by Crippen LogP contribution is 2.19. The maximum Gasteiger partial charge on any atom is 0.0606 e. The van der Waals surface area contributed by atoms with Gasteiger partial charge in [-0.1, -0.05) is 6.07 Å². The Morgan fingerprint density at radius 1 is 1.21 bits per heavy atom. The first kappa shape index (κ1) is 13.9. The fourth-order valence-corrected chi connectivity index (χ4v) is 2.63. The molecule has 1 heterocycles. The van der Waals surface area contributed by atoms with E-state index in [1.165, 1.54) is 4.88 Å². The van der Waals surface area contributed by atoms with Crippen LogP contribution in [0.4, 0.5) is 11.4 Å². The molecular weight excluding hydrogens is 256 g/mol. The topological polar surface area (TPSA) is 35.5 Å². The number of anilines is 2. The number of rotatable bonds is 7. The van der Waals surface area contributed by atoms with Gasteiger partial charge >= 0.3 is 0 Å².